The lowest BCUT2D eigenvalue weighted by molar-refractivity contribution is 0.0368. The van der Waals surface area contributed by atoms with Crippen molar-refractivity contribution in [1.29, 1.82) is 0 Å². The third kappa shape index (κ3) is 5.93. The molecule has 1 spiro atoms. The number of halogens is 1. The molecule has 6 rings (SSSR count). The SMILES string of the molecule is C[C@@H]1[C@@H](C)C/C=C/[C@@H](CO)[C@@H]2OCC[C@H]2CN2C[C@@]3(CCCc4cc(Cl)ccc43)COc3ccc(cc32)C(=O)NS1(=O)=O. The quantitative estimate of drug-likeness (QED) is 0.434. The minimum Gasteiger partial charge on any atom is -0.490 e. The fourth-order valence-corrected chi connectivity index (χ4v) is 8.86. The van der Waals surface area contributed by atoms with Gasteiger partial charge in [-0.05, 0) is 86.4 Å². The highest BCUT2D eigenvalue weighted by Gasteiger charge is 2.44. The Labute approximate surface area is 259 Å². The summed E-state index contributed by atoms with van der Waals surface area (Å²) < 4.78 is 41.6. The Morgan fingerprint density at radius 1 is 1.19 bits per heavy atom. The number of amides is 1. The van der Waals surface area contributed by atoms with Gasteiger partial charge in [0.05, 0.1) is 30.3 Å². The average Bonchev–Trinajstić information content (AvgIpc) is 3.38. The van der Waals surface area contributed by atoms with E-state index in [1.165, 1.54) is 11.1 Å². The topological polar surface area (TPSA) is 105 Å². The van der Waals surface area contributed by atoms with Crippen LogP contribution in [0.2, 0.25) is 5.02 Å². The number of fused-ring (bicyclic) bond motifs is 4. The van der Waals surface area contributed by atoms with Crippen LogP contribution in [0.4, 0.5) is 5.69 Å². The van der Waals surface area contributed by atoms with Crippen LogP contribution in [-0.2, 0) is 26.6 Å². The first kappa shape index (κ1) is 30.4. The average molecular weight is 629 g/mol. The molecule has 232 valence electrons. The van der Waals surface area contributed by atoms with Gasteiger partial charge in [0, 0.05) is 47.5 Å². The molecule has 1 saturated heterocycles. The highest BCUT2D eigenvalue weighted by molar-refractivity contribution is 7.90. The van der Waals surface area contributed by atoms with Crippen molar-refractivity contribution in [1.82, 2.24) is 4.72 Å². The van der Waals surface area contributed by atoms with Crippen molar-refractivity contribution in [3.05, 3.63) is 70.3 Å². The molecule has 2 aromatic rings. The zero-order valence-electron chi connectivity index (χ0n) is 24.8. The standard InChI is InChI=1S/C33H41ClN2O6S/c1-21-5-3-6-26(18-37)31-25(12-14-41-31)17-36-19-33(13-4-7-23-15-27(34)9-10-28(23)33)20-42-30-11-8-24(16-29(30)36)32(38)35-43(39,40)22(21)2/h3,6,8-11,15-16,21-22,25-26,31,37H,4-5,7,12-14,17-20H2,1-2H3,(H,35,38)/b6-3+/t21-,22+,25-,26-,31+,33-/m0/s1. The van der Waals surface area contributed by atoms with E-state index in [0.29, 0.717) is 38.5 Å². The van der Waals surface area contributed by atoms with Crippen LogP contribution in [-0.4, -0.2) is 63.7 Å². The van der Waals surface area contributed by atoms with Crippen LogP contribution in [0.3, 0.4) is 0 Å². The largest absolute Gasteiger partial charge is 0.490 e. The summed E-state index contributed by atoms with van der Waals surface area (Å²) in [6, 6.07) is 11.3. The number of benzene rings is 2. The fourth-order valence-electron chi connectivity index (χ4n) is 7.38. The van der Waals surface area contributed by atoms with Crippen molar-refractivity contribution in [2.75, 3.05) is 37.8 Å². The number of allylic oxidation sites excluding steroid dienone is 1. The van der Waals surface area contributed by atoms with Crippen LogP contribution in [0.5, 0.6) is 5.75 Å². The number of ether oxygens (including phenoxy) is 2. The zero-order chi connectivity index (χ0) is 30.4. The molecule has 1 fully saturated rings. The van der Waals surface area contributed by atoms with E-state index in [0.717, 1.165) is 36.4 Å². The first-order valence-electron chi connectivity index (χ1n) is 15.4. The maximum atomic E-state index is 13.4. The van der Waals surface area contributed by atoms with Gasteiger partial charge in [-0.15, -0.1) is 0 Å². The lowest BCUT2D eigenvalue weighted by Crippen LogP contribution is -2.48. The van der Waals surface area contributed by atoms with E-state index in [1.807, 2.05) is 25.1 Å². The maximum Gasteiger partial charge on any atom is 0.264 e. The molecule has 2 bridgehead atoms. The van der Waals surface area contributed by atoms with Crippen molar-refractivity contribution in [3.63, 3.8) is 0 Å². The molecule has 8 nitrogen and oxygen atoms in total. The van der Waals surface area contributed by atoms with Gasteiger partial charge in [0.25, 0.3) is 5.91 Å². The summed E-state index contributed by atoms with van der Waals surface area (Å²) in [6.45, 7) is 5.82. The summed E-state index contributed by atoms with van der Waals surface area (Å²) >= 11 is 6.40. The monoisotopic (exact) mass is 628 g/mol. The van der Waals surface area contributed by atoms with Crippen molar-refractivity contribution in [2.45, 2.75) is 62.7 Å². The predicted octanol–water partition coefficient (Wildman–Crippen LogP) is 4.87. The van der Waals surface area contributed by atoms with Crippen LogP contribution in [0, 0.1) is 17.8 Å². The van der Waals surface area contributed by atoms with Crippen LogP contribution in [0.15, 0.2) is 48.6 Å². The van der Waals surface area contributed by atoms with Gasteiger partial charge in [-0.2, -0.15) is 0 Å². The molecule has 1 aliphatic carbocycles. The van der Waals surface area contributed by atoms with E-state index in [4.69, 9.17) is 21.1 Å². The molecule has 0 aromatic heterocycles. The molecule has 10 heteroatoms. The van der Waals surface area contributed by atoms with E-state index in [1.54, 1.807) is 25.1 Å². The number of nitrogens with zero attached hydrogens (tertiary/aromatic N) is 1. The van der Waals surface area contributed by atoms with E-state index >= 15 is 0 Å². The first-order chi connectivity index (χ1) is 20.6. The summed E-state index contributed by atoms with van der Waals surface area (Å²) in [6.07, 6.45) is 8.01. The molecule has 6 atom stereocenters. The Morgan fingerprint density at radius 3 is 2.84 bits per heavy atom. The lowest BCUT2D eigenvalue weighted by Gasteiger charge is -2.42. The lowest BCUT2D eigenvalue weighted by atomic mass is 9.70. The molecule has 3 heterocycles. The molecule has 2 aromatic carbocycles. The van der Waals surface area contributed by atoms with Crippen molar-refractivity contribution >= 4 is 33.2 Å². The van der Waals surface area contributed by atoms with Crippen LogP contribution < -0.4 is 14.4 Å². The Kier molecular flexibility index (Phi) is 8.54. The number of anilines is 1. The highest BCUT2D eigenvalue weighted by atomic mass is 35.5. The normalized spacial score (nSPS) is 33.1. The van der Waals surface area contributed by atoms with Gasteiger partial charge in [-0.3, -0.25) is 4.79 Å². The molecule has 3 aliphatic heterocycles. The number of aliphatic hydroxyl groups is 1. The number of hydrogen-bond donors (Lipinski definition) is 2. The summed E-state index contributed by atoms with van der Waals surface area (Å²) in [4.78, 5) is 15.7. The second-order valence-electron chi connectivity index (χ2n) is 12.8. The van der Waals surface area contributed by atoms with Gasteiger partial charge in [0.1, 0.15) is 5.75 Å². The summed E-state index contributed by atoms with van der Waals surface area (Å²) in [5, 5.41) is 10.3. The Morgan fingerprint density at radius 2 is 2.02 bits per heavy atom. The van der Waals surface area contributed by atoms with Crippen molar-refractivity contribution in [3.8, 4) is 5.75 Å². The minimum absolute atomic E-state index is 0.0577. The minimum atomic E-state index is -3.93. The number of rotatable bonds is 1. The van der Waals surface area contributed by atoms with Crippen molar-refractivity contribution < 1.29 is 27.8 Å². The fraction of sp³-hybridized carbons (Fsp3) is 0.545. The van der Waals surface area contributed by atoms with Gasteiger partial charge in [-0.1, -0.05) is 36.7 Å². The number of carbonyl (C=O) groups is 1. The Bertz CT molecular complexity index is 1510. The second-order valence-corrected chi connectivity index (χ2v) is 15.3. The van der Waals surface area contributed by atoms with Crippen LogP contribution in [0.25, 0.3) is 0 Å². The number of sulfonamides is 1. The van der Waals surface area contributed by atoms with Gasteiger partial charge in [0.2, 0.25) is 10.0 Å². The summed E-state index contributed by atoms with van der Waals surface area (Å²) in [5.41, 5.74) is 3.22. The molecule has 1 amide bonds. The van der Waals surface area contributed by atoms with E-state index < -0.39 is 21.2 Å². The summed E-state index contributed by atoms with van der Waals surface area (Å²) in [5.74, 6) is -0.299. The zero-order valence-corrected chi connectivity index (χ0v) is 26.4. The van der Waals surface area contributed by atoms with Gasteiger partial charge >= 0.3 is 0 Å². The Hall–Kier alpha value is -2.59. The van der Waals surface area contributed by atoms with E-state index in [9.17, 15) is 18.3 Å². The number of nitrogens with one attached hydrogen (secondary N) is 1. The smallest absolute Gasteiger partial charge is 0.264 e. The predicted molar refractivity (Wildman–Crippen MR) is 167 cm³/mol. The molecular weight excluding hydrogens is 588 g/mol. The van der Waals surface area contributed by atoms with Crippen LogP contribution >= 0.6 is 11.6 Å². The number of hydrogen-bond acceptors (Lipinski definition) is 7. The molecule has 2 N–H and O–H groups in total. The van der Waals surface area contributed by atoms with Gasteiger partial charge < -0.3 is 19.5 Å². The highest BCUT2D eigenvalue weighted by Crippen LogP contribution is 2.45. The number of aryl methyl sites for hydroxylation is 1. The molecular formula is C33H41ClN2O6S. The van der Waals surface area contributed by atoms with Gasteiger partial charge in [-0.25, -0.2) is 13.1 Å². The number of carbonyl (C=O) groups excluding carboxylic acids is 1. The van der Waals surface area contributed by atoms with Crippen LogP contribution in [0.1, 0.15) is 61.0 Å². The molecule has 0 unspecified atom stereocenters. The van der Waals surface area contributed by atoms with E-state index in [-0.39, 0.29) is 41.4 Å². The maximum absolute atomic E-state index is 13.4. The third-order valence-electron chi connectivity index (χ3n) is 10.1. The van der Waals surface area contributed by atoms with E-state index in [2.05, 4.69) is 21.8 Å². The molecule has 0 radical (unpaired) electrons. The second kappa shape index (κ2) is 12.1. The third-order valence-corrected chi connectivity index (χ3v) is 12.2. The van der Waals surface area contributed by atoms with Gasteiger partial charge in [0.15, 0.2) is 0 Å². The molecule has 0 saturated carbocycles. The molecule has 4 aliphatic rings. The molecule has 43 heavy (non-hydrogen) atoms. The number of aliphatic hydroxyl groups excluding tert-OH is 1. The Balaban J connectivity index is 1.45. The van der Waals surface area contributed by atoms with Crippen molar-refractivity contribution in [2.24, 2.45) is 17.8 Å². The summed E-state index contributed by atoms with van der Waals surface area (Å²) in [7, 11) is -3.93. The first-order valence-corrected chi connectivity index (χ1v) is 17.3.